The smallest absolute Gasteiger partial charge is 0.306 e. The summed E-state index contributed by atoms with van der Waals surface area (Å²) in [5, 5.41) is 0. The summed E-state index contributed by atoms with van der Waals surface area (Å²) >= 11 is 0. The van der Waals surface area contributed by atoms with Gasteiger partial charge in [0.05, 0.1) is 0 Å². The number of hydrogen-bond donors (Lipinski definition) is 0. The maximum absolute atomic E-state index is 13.4. The van der Waals surface area contributed by atoms with E-state index in [1.807, 2.05) is 5.57 Å². The standard InChI is InChI=1S/C49H86O2/c1-13-14-15-16-17-18-19-20-21-22-23-24-25-26-40(50)51-39-28-30-47(10)45(8)35-36-48(11)44(7,38(45)27-29-46(47,9)42(39,4)5)34-33-43(6)32-31-41(2,3)37-49(43,48)12/h27,39H,13-26,28-37H2,1-12H3/t39-,43+,44+,45-,46-,47+,48+,49+/m0/s1. The molecule has 2 nitrogen and oxygen atoms in total. The number of esters is 1. The quantitative estimate of drug-likeness (QED) is 0.0962. The molecule has 0 N–H and O–H groups in total. The normalized spacial score (nSPS) is 42.5. The van der Waals surface area contributed by atoms with Crippen LogP contribution in [0, 0.1) is 48.7 Å². The Bertz CT molecular complexity index is 1260. The van der Waals surface area contributed by atoms with Crippen molar-refractivity contribution in [2.24, 2.45) is 48.7 Å². The van der Waals surface area contributed by atoms with Crippen molar-refractivity contribution < 1.29 is 9.53 Å². The van der Waals surface area contributed by atoms with Gasteiger partial charge >= 0.3 is 5.97 Å². The molecule has 5 rings (SSSR count). The Labute approximate surface area is 318 Å². The summed E-state index contributed by atoms with van der Waals surface area (Å²) in [5.41, 5.74) is 3.89. The van der Waals surface area contributed by atoms with Gasteiger partial charge in [-0.3, -0.25) is 4.79 Å². The van der Waals surface area contributed by atoms with E-state index in [1.165, 1.54) is 116 Å². The van der Waals surface area contributed by atoms with E-state index in [2.05, 4.69) is 89.2 Å². The van der Waals surface area contributed by atoms with Crippen molar-refractivity contribution in [3.63, 3.8) is 0 Å². The topological polar surface area (TPSA) is 26.3 Å². The number of ether oxygens (including phenoxy) is 1. The van der Waals surface area contributed by atoms with E-state index in [1.54, 1.807) is 0 Å². The van der Waals surface area contributed by atoms with E-state index in [-0.39, 0.29) is 39.1 Å². The first kappa shape index (κ1) is 41.4. The van der Waals surface area contributed by atoms with Gasteiger partial charge in [0, 0.05) is 11.8 Å². The highest BCUT2D eigenvalue weighted by Crippen LogP contribution is 2.83. The second-order valence-corrected chi connectivity index (χ2v) is 22.4. The summed E-state index contributed by atoms with van der Waals surface area (Å²) in [6.45, 7) is 31.2. The SMILES string of the molecule is CCCCCCCCCCCCCCCC(=O)O[C@H]1CC[C@]2(C)[C@@]3(C)CC[C@@]4(C)[C@]5(C)CC(C)(C)CC[C@]5(C)CC[C@]4(C)C3=CC[C@@]2(C)C1(C)C. The molecule has 0 unspecified atom stereocenters. The summed E-state index contributed by atoms with van der Waals surface area (Å²) < 4.78 is 6.51. The lowest BCUT2D eigenvalue weighted by Gasteiger charge is -2.78. The van der Waals surface area contributed by atoms with Crippen molar-refractivity contribution in [1.29, 1.82) is 0 Å². The maximum atomic E-state index is 13.4. The van der Waals surface area contributed by atoms with Crippen molar-refractivity contribution in [2.75, 3.05) is 0 Å². The van der Waals surface area contributed by atoms with Gasteiger partial charge in [0.15, 0.2) is 0 Å². The van der Waals surface area contributed by atoms with Crippen LogP contribution in [-0.2, 0) is 9.53 Å². The Hall–Kier alpha value is -0.790. The fraction of sp³-hybridized carbons (Fsp3) is 0.939. The van der Waals surface area contributed by atoms with Crippen molar-refractivity contribution >= 4 is 5.97 Å². The zero-order chi connectivity index (χ0) is 37.6. The highest BCUT2D eigenvalue weighted by Gasteiger charge is 2.75. The first-order valence-electron chi connectivity index (χ1n) is 22.6. The molecule has 0 aromatic carbocycles. The van der Waals surface area contributed by atoms with Gasteiger partial charge in [-0.05, 0) is 114 Å². The minimum absolute atomic E-state index is 0.00631. The number of fused-ring (bicyclic) bond motifs is 7. The van der Waals surface area contributed by atoms with Gasteiger partial charge in [0.25, 0.3) is 0 Å². The van der Waals surface area contributed by atoms with E-state index in [9.17, 15) is 4.79 Å². The summed E-state index contributed by atoms with van der Waals surface area (Å²) in [5.74, 6) is 0.0523. The van der Waals surface area contributed by atoms with Crippen LogP contribution >= 0.6 is 0 Å². The van der Waals surface area contributed by atoms with Crippen LogP contribution in [0.25, 0.3) is 0 Å². The monoisotopic (exact) mass is 707 g/mol. The summed E-state index contributed by atoms with van der Waals surface area (Å²) in [6.07, 6.45) is 33.4. The van der Waals surface area contributed by atoms with Crippen LogP contribution in [-0.4, -0.2) is 12.1 Å². The Morgan fingerprint density at radius 2 is 1.08 bits per heavy atom. The minimum atomic E-state index is -0.0805. The number of hydrogen-bond acceptors (Lipinski definition) is 2. The fourth-order valence-electron chi connectivity index (χ4n) is 14.6. The lowest BCUT2D eigenvalue weighted by atomic mass is 9.26. The van der Waals surface area contributed by atoms with Crippen LogP contribution in [0.3, 0.4) is 0 Å². The molecule has 294 valence electrons. The molecule has 0 saturated heterocycles. The van der Waals surface area contributed by atoms with Crippen molar-refractivity contribution in [2.45, 2.75) is 243 Å². The molecule has 0 amide bonds. The van der Waals surface area contributed by atoms with E-state index in [0.717, 1.165) is 32.1 Å². The molecule has 0 aromatic rings. The Kier molecular flexibility index (Phi) is 11.9. The zero-order valence-electron chi connectivity index (χ0n) is 36.4. The van der Waals surface area contributed by atoms with E-state index in [0.29, 0.717) is 28.1 Å². The average Bonchev–Trinajstić information content (AvgIpc) is 3.05. The van der Waals surface area contributed by atoms with E-state index in [4.69, 9.17) is 4.74 Å². The Balaban J connectivity index is 1.20. The molecule has 0 spiro atoms. The molecule has 5 aliphatic carbocycles. The molecule has 8 atom stereocenters. The van der Waals surface area contributed by atoms with Crippen LogP contribution in [0.15, 0.2) is 11.6 Å². The van der Waals surface area contributed by atoms with Crippen molar-refractivity contribution in [3.8, 4) is 0 Å². The highest BCUT2D eigenvalue weighted by molar-refractivity contribution is 5.69. The molecule has 51 heavy (non-hydrogen) atoms. The molecule has 0 aromatic heterocycles. The second-order valence-electron chi connectivity index (χ2n) is 22.4. The molecule has 0 bridgehead atoms. The summed E-state index contributed by atoms with van der Waals surface area (Å²) in [4.78, 5) is 13.4. The third-order valence-electron chi connectivity index (χ3n) is 19.5. The lowest BCUT2D eigenvalue weighted by molar-refractivity contribution is -0.258. The summed E-state index contributed by atoms with van der Waals surface area (Å²) in [6, 6.07) is 0. The largest absolute Gasteiger partial charge is 0.462 e. The summed E-state index contributed by atoms with van der Waals surface area (Å²) in [7, 11) is 0. The first-order valence-corrected chi connectivity index (χ1v) is 22.6. The predicted octanol–water partition coefficient (Wildman–Crippen LogP) is 15.4. The molecule has 0 radical (unpaired) electrons. The molecule has 0 heterocycles. The number of carbonyl (C=O) groups is 1. The Morgan fingerprint density at radius 1 is 0.588 bits per heavy atom. The van der Waals surface area contributed by atoms with Crippen LogP contribution in [0.2, 0.25) is 0 Å². The third-order valence-corrected chi connectivity index (χ3v) is 19.5. The van der Waals surface area contributed by atoms with Gasteiger partial charge in [0.1, 0.15) is 6.10 Å². The van der Waals surface area contributed by atoms with Gasteiger partial charge in [-0.25, -0.2) is 0 Å². The fourth-order valence-corrected chi connectivity index (χ4v) is 14.6. The van der Waals surface area contributed by atoms with Gasteiger partial charge < -0.3 is 4.74 Å². The van der Waals surface area contributed by atoms with Gasteiger partial charge in [-0.2, -0.15) is 0 Å². The first-order chi connectivity index (χ1) is 23.7. The predicted molar refractivity (Wildman–Crippen MR) is 219 cm³/mol. The molecule has 4 saturated carbocycles. The average molecular weight is 707 g/mol. The highest BCUT2D eigenvalue weighted by atomic mass is 16.5. The van der Waals surface area contributed by atoms with E-state index >= 15 is 0 Å². The van der Waals surface area contributed by atoms with Crippen molar-refractivity contribution in [3.05, 3.63) is 11.6 Å². The number of carbonyl (C=O) groups excluding carboxylic acids is 1. The van der Waals surface area contributed by atoms with Crippen LogP contribution in [0.5, 0.6) is 0 Å². The van der Waals surface area contributed by atoms with Crippen LogP contribution in [0.4, 0.5) is 0 Å². The molecule has 5 aliphatic rings. The minimum Gasteiger partial charge on any atom is -0.462 e. The van der Waals surface area contributed by atoms with Gasteiger partial charge in [0.2, 0.25) is 0 Å². The van der Waals surface area contributed by atoms with Crippen LogP contribution < -0.4 is 0 Å². The van der Waals surface area contributed by atoms with Gasteiger partial charge in [-0.15, -0.1) is 0 Å². The van der Waals surface area contributed by atoms with E-state index < -0.39 is 0 Å². The molecule has 4 fully saturated rings. The van der Waals surface area contributed by atoms with Crippen LogP contribution in [0.1, 0.15) is 237 Å². The Morgan fingerprint density at radius 3 is 1.65 bits per heavy atom. The maximum Gasteiger partial charge on any atom is 0.306 e. The number of rotatable bonds is 15. The number of unbranched alkanes of at least 4 members (excludes halogenated alkanes) is 12. The van der Waals surface area contributed by atoms with Crippen molar-refractivity contribution in [1.82, 2.24) is 0 Å². The molecule has 0 aliphatic heterocycles. The van der Waals surface area contributed by atoms with Gasteiger partial charge in [-0.1, -0.05) is 172 Å². The second kappa shape index (κ2) is 14.7. The lowest BCUT2D eigenvalue weighted by Crippen LogP contribution is -2.71. The molecular weight excluding hydrogens is 621 g/mol. The number of allylic oxidation sites excluding steroid dienone is 2. The third kappa shape index (κ3) is 6.57. The molecule has 2 heteroatoms. The molecular formula is C49H86O2. The zero-order valence-corrected chi connectivity index (χ0v) is 36.4.